The van der Waals surface area contributed by atoms with Gasteiger partial charge in [-0.15, -0.1) is 22.7 Å². The third-order valence-corrected chi connectivity index (χ3v) is 16.9. The summed E-state index contributed by atoms with van der Waals surface area (Å²) in [6.07, 6.45) is 19.5. The van der Waals surface area contributed by atoms with Gasteiger partial charge in [0.1, 0.15) is 0 Å². The van der Waals surface area contributed by atoms with Crippen molar-refractivity contribution in [3.8, 4) is 33.4 Å². The van der Waals surface area contributed by atoms with Crippen LogP contribution in [0.3, 0.4) is 0 Å². The van der Waals surface area contributed by atoms with Gasteiger partial charge in [-0.05, 0) is 203 Å². The molecule has 0 spiro atoms. The summed E-state index contributed by atoms with van der Waals surface area (Å²) in [6.45, 7) is 22.7. The number of H-pyrrole nitrogens is 2. The van der Waals surface area contributed by atoms with Gasteiger partial charge in [0.25, 0.3) is 0 Å². The first-order valence-corrected chi connectivity index (χ1v) is 28.3. The highest BCUT2D eigenvalue weighted by Crippen LogP contribution is 2.44. The molecule has 7 rings (SSSR count). The number of fused-ring (bicyclic) bond motifs is 8. The molecule has 0 unspecified atom stereocenters. The zero-order chi connectivity index (χ0) is 47.6. The second kappa shape index (κ2) is 23.7. The molecule has 5 aromatic heterocycles. The van der Waals surface area contributed by atoms with Crippen molar-refractivity contribution in [2.75, 3.05) is 0 Å². The van der Waals surface area contributed by atoms with E-state index in [4.69, 9.17) is 9.97 Å². The van der Waals surface area contributed by atoms with E-state index >= 15 is 0 Å². The Hall–Kier alpha value is -4.40. The lowest BCUT2D eigenvalue weighted by molar-refractivity contribution is 0.666. The number of nitrogens with zero attached hydrogens (tertiary/aromatic N) is 2. The number of nitrogens with one attached hydrogen (secondary N) is 2. The van der Waals surface area contributed by atoms with E-state index in [1.807, 2.05) is 22.7 Å². The van der Waals surface area contributed by atoms with Crippen LogP contribution >= 0.6 is 38.6 Å². The van der Waals surface area contributed by atoms with Crippen LogP contribution in [0.15, 0.2) is 34.1 Å². The van der Waals surface area contributed by atoms with E-state index in [2.05, 4.69) is 149 Å². The van der Waals surface area contributed by atoms with Gasteiger partial charge in [0, 0.05) is 31.8 Å². The minimum Gasteiger partial charge on any atom is -0.355 e. The second-order valence-corrected chi connectivity index (χ2v) is 21.5. The van der Waals surface area contributed by atoms with Gasteiger partial charge >= 0.3 is 0 Å². The molecule has 7 heteroatoms. The van der Waals surface area contributed by atoms with Gasteiger partial charge in [-0.1, -0.05) is 108 Å². The number of thiophene rings is 2. The summed E-state index contributed by atoms with van der Waals surface area (Å²) in [5, 5.41) is 0. The first-order valence-electron chi connectivity index (χ1n) is 25.9. The standard InChI is InChI=1S/C60H73BrN4S2/c1-11-21-23-25-29-38-33-40(66-59(38)60-39(34-56(61)67-60)30-26-24-22-12-2)31-27-28-32-49-57-47(19-9)45(17-7)54(64-57)36-52-43(15-5)41(13-3)50(62-52)35-51-42(14-4)44(16-6)53(63-51)37-55-46(18-8)48(20-10)58(49)65-55/h33-37,62-63H,11-26,29-30H2,1-10H3. The molecule has 0 radical (unpaired) electrons. The number of halogens is 1. The number of aromatic amines is 2. The maximum absolute atomic E-state index is 5.60. The molecule has 4 nitrogen and oxygen atoms in total. The lowest BCUT2D eigenvalue weighted by Crippen LogP contribution is -1.95. The van der Waals surface area contributed by atoms with Crippen molar-refractivity contribution in [1.29, 1.82) is 0 Å². The summed E-state index contributed by atoms with van der Waals surface area (Å²) in [4.78, 5) is 22.9. The smallest absolute Gasteiger partial charge is 0.0851 e. The maximum Gasteiger partial charge on any atom is 0.0851 e. The third kappa shape index (κ3) is 10.8. The molecule has 0 atom stereocenters. The van der Waals surface area contributed by atoms with Crippen molar-refractivity contribution in [2.24, 2.45) is 0 Å². The van der Waals surface area contributed by atoms with Crippen LogP contribution in [-0.4, -0.2) is 19.9 Å². The Labute approximate surface area is 419 Å². The van der Waals surface area contributed by atoms with Crippen LogP contribution in [0.1, 0.15) is 213 Å². The average Bonchev–Trinajstić information content (AvgIpc) is 4.19. The molecule has 0 saturated heterocycles. The number of hydrogen-bond acceptors (Lipinski definition) is 4. The van der Waals surface area contributed by atoms with Crippen molar-refractivity contribution in [2.45, 2.75) is 185 Å². The van der Waals surface area contributed by atoms with Crippen molar-refractivity contribution in [1.82, 2.24) is 19.9 Å². The molecule has 0 aliphatic carbocycles. The van der Waals surface area contributed by atoms with Crippen LogP contribution < -0.4 is 0 Å². The number of aryl methyl sites for hydroxylation is 6. The quantitative estimate of drug-likeness (QED) is 0.0640. The Kier molecular flexibility index (Phi) is 17.9. The SMILES string of the molecule is CCCCCCc1cc(Br)sc1-c1sc(C#CC#Cc2c3nc(cc4[nH]c(cc5[nH]c(cc6nc2C(CC)=C6CC)c(CC)c5CC)c(CC)c4CC)C(CC)=C3CC)cc1CCCCCC. The highest BCUT2D eigenvalue weighted by molar-refractivity contribution is 9.11. The van der Waals surface area contributed by atoms with Crippen molar-refractivity contribution >= 4 is 83.0 Å². The summed E-state index contributed by atoms with van der Waals surface area (Å²) >= 11 is 7.60. The molecule has 2 aliphatic rings. The van der Waals surface area contributed by atoms with Crippen molar-refractivity contribution in [3.63, 3.8) is 0 Å². The summed E-state index contributed by atoms with van der Waals surface area (Å²) in [6, 6.07) is 11.7. The molecule has 67 heavy (non-hydrogen) atoms. The highest BCUT2D eigenvalue weighted by Gasteiger charge is 2.27. The Balaban J connectivity index is 1.48. The van der Waals surface area contributed by atoms with Gasteiger partial charge < -0.3 is 9.97 Å². The zero-order valence-electron chi connectivity index (χ0n) is 42.2. The number of hydrogen-bond donors (Lipinski definition) is 2. The van der Waals surface area contributed by atoms with Crippen molar-refractivity contribution in [3.05, 3.63) is 101 Å². The van der Waals surface area contributed by atoms with E-state index in [1.165, 1.54) is 132 Å². The van der Waals surface area contributed by atoms with E-state index in [1.54, 1.807) is 0 Å². The number of allylic oxidation sites excluding steroid dienone is 4. The fraction of sp³-hybridized carbons (Fsp3) is 0.467. The first kappa shape index (κ1) is 50.5. The van der Waals surface area contributed by atoms with E-state index in [0.29, 0.717) is 0 Å². The third-order valence-electron chi connectivity index (χ3n) is 13.9. The van der Waals surface area contributed by atoms with Gasteiger partial charge in [-0.2, -0.15) is 0 Å². The lowest BCUT2D eigenvalue weighted by atomic mass is 9.94. The fourth-order valence-electron chi connectivity index (χ4n) is 10.6. The second-order valence-electron chi connectivity index (χ2n) is 18.1. The van der Waals surface area contributed by atoms with E-state index < -0.39 is 0 Å². The molecule has 0 saturated carbocycles. The molecule has 2 aliphatic heterocycles. The summed E-state index contributed by atoms with van der Waals surface area (Å²) in [5.74, 6) is 14.1. The predicted octanol–water partition coefficient (Wildman–Crippen LogP) is 18.2. The first-order chi connectivity index (χ1) is 32.7. The Morgan fingerprint density at radius 1 is 0.463 bits per heavy atom. The zero-order valence-corrected chi connectivity index (χ0v) is 45.4. The van der Waals surface area contributed by atoms with Gasteiger partial charge in [-0.25, -0.2) is 9.97 Å². The molecule has 5 aromatic rings. The molecule has 0 aromatic carbocycles. The Morgan fingerprint density at radius 2 is 0.896 bits per heavy atom. The topological polar surface area (TPSA) is 57.4 Å². The molecular weight excluding hydrogens is 921 g/mol. The minimum atomic E-state index is 0.853. The molecule has 2 N–H and O–H groups in total. The van der Waals surface area contributed by atoms with Crippen LogP contribution in [0.5, 0.6) is 0 Å². The van der Waals surface area contributed by atoms with Gasteiger partial charge in [0.05, 0.1) is 37.0 Å². The summed E-state index contributed by atoms with van der Waals surface area (Å²) in [7, 11) is 0. The molecule has 8 bridgehead atoms. The van der Waals surface area contributed by atoms with E-state index in [-0.39, 0.29) is 0 Å². The maximum atomic E-state index is 5.60. The summed E-state index contributed by atoms with van der Waals surface area (Å²) < 4.78 is 1.21. The summed E-state index contributed by atoms with van der Waals surface area (Å²) in [5.41, 5.74) is 23.0. The average molecular weight is 994 g/mol. The minimum absolute atomic E-state index is 0.853. The monoisotopic (exact) mass is 992 g/mol. The van der Waals surface area contributed by atoms with Crippen LogP contribution in [0.2, 0.25) is 0 Å². The lowest BCUT2D eigenvalue weighted by Gasteiger charge is -2.08. The largest absolute Gasteiger partial charge is 0.355 e. The van der Waals surface area contributed by atoms with Gasteiger partial charge in [0.15, 0.2) is 0 Å². The fourth-order valence-corrected chi connectivity index (χ4v) is 13.6. The number of unbranched alkanes of at least 4 members (excludes halogenated alkanes) is 6. The normalized spacial score (nSPS) is 12.5. The molecule has 0 amide bonds. The van der Waals surface area contributed by atoms with Crippen LogP contribution in [0.25, 0.3) is 54.1 Å². The van der Waals surface area contributed by atoms with E-state index in [9.17, 15) is 0 Å². The molecule has 7 heterocycles. The Morgan fingerprint density at radius 3 is 1.34 bits per heavy atom. The predicted molar refractivity (Wildman–Crippen MR) is 298 cm³/mol. The van der Waals surface area contributed by atoms with Gasteiger partial charge in [0.2, 0.25) is 0 Å². The number of aromatic nitrogens is 4. The number of rotatable bonds is 19. The molecule has 0 fully saturated rings. The van der Waals surface area contributed by atoms with Crippen molar-refractivity contribution < 1.29 is 0 Å². The van der Waals surface area contributed by atoms with E-state index in [0.717, 1.165) is 108 Å². The van der Waals surface area contributed by atoms with Crippen LogP contribution in [0.4, 0.5) is 0 Å². The Bertz CT molecular complexity index is 2830. The van der Waals surface area contributed by atoms with Crippen LogP contribution in [-0.2, 0) is 38.5 Å². The van der Waals surface area contributed by atoms with Gasteiger partial charge in [-0.3, -0.25) is 0 Å². The molecule has 352 valence electrons. The van der Waals surface area contributed by atoms with Crippen LogP contribution in [0, 0.1) is 23.7 Å². The highest BCUT2D eigenvalue weighted by atomic mass is 79.9. The molecular formula is C60H73BrN4S2.